The maximum Gasteiger partial charge on any atom is 0.227 e. The molecule has 60 heavy (non-hydrogen) atoms. The van der Waals surface area contributed by atoms with E-state index in [1.165, 1.54) is 0 Å². The minimum Gasteiger partial charge on any atom is -0.507 e. The van der Waals surface area contributed by atoms with Gasteiger partial charge in [0.2, 0.25) is 5.71 Å². The van der Waals surface area contributed by atoms with Gasteiger partial charge in [0.15, 0.2) is 0 Å². The van der Waals surface area contributed by atoms with Crippen molar-refractivity contribution in [3.8, 4) is 50.8 Å². The largest absolute Gasteiger partial charge is 0.507 e. The molecule has 8 heteroatoms. The second kappa shape index (κ2) is 13.9. The fourth-order valence-electron chi connectivity index (χ4n) is 8.73. The molecule has 6 aromatic heterocycles. The molecule has 0 fully saturated rings. The fourth-order valence-corrected chi connectivity index (χ4v) is 8.73. The molecule has 0 aliphatic heterocycles. The van der Waals surface area contributed by atoms with Gasteiger partial charge < -0.3 is 18.7 Å². The molecule has 0 aliphatic rings. The van der Waals surface area contributed by atoms with E-state index in [9.17, 15) is 5.11 Å². The minimum absolute atomic E-state index is 0. The van der Waals surface area contributed by atoms with E-state index in [1.807, 2.05) is 67.6 Å². The van der Waals surface area contributed by atoms with Gasteiger partial charge in [0.1, 0.15) is 11.3 Å². The Kier molecular flexibility index (Phi) is 8.29. The molecule has 6 aromatic carbocycles. The van der Waals surface area contributed by atoms with Crippen LogP contribution in [0.15, 0.2) is 174 Å². The number of phenols is 1. The summed E-state index contributed by atoms with van der Waals surface area (Å²) in [6.07, 6.45) is 0. The number of nitrogens with zero attached hydrogens (tertiary/aromatic N) is 5. The SMILES string of the molecule is Cc1ccc2c(n1)oc1cc(-c3ccc(-n4c5ccc(-c6[c-]cccc6)nc5c5c6c7nc(-c8ccccc8O)ccc7n(-c7ccccc7)c6ccc54)cc3)ccc12.[Pt]. The Balaban J connectivity index is 0.00000408. The van der Waals surface area contributed by atoms with Crippen LogP contribution in [-0.2, 0) is 21.1 Å². The first kappa shape index (κ1) is 35.8. The van der Waals surface area contributed by atoms with E-state index in [1.54, 1.807) is 6.07 Å². The zero-order valence-corrected chi connectivity index (χ0v) is 34.3. The van der Waals surface area contributed by atoms with E-state index in [0.29, 0.717) is 17.0 Å². The van der Waals surface area contributed by atoms with Gasteiger partial charge in [0.25, 0.3) is 0 Å². The number of fused-ring (bicyclic) bond motifs is 10. The average molecular weight is 954 g/mol. The van der Waals surface area contributed by atoms with Crippen molar-refractivity contribution in [1.82, 2.24) is 24.1 Å². The van der Waals surface area contributed by atoms with Crippen molar-refractivity contribution < 1.29 is 30.6 Å². The second-order valence-electron chi connectivity index (χ2n) is 14.9. The molecule has 0 radical (unpaired) electrons. The third-order valence-electron chi connectivity index (χ3n) is 11.5. The molecule has 12 aromatic rings. The number of para-hydroxylation sites is 2. The first-order valence-electron chi connectivity index (χ1n) is 19.6. The van der Waals surface area contributed by atoms with Gasteiger partial charge in [-0.05, 0) is 115 Å². The Morgan fingerprint density at radius 3 is 1.87 bits per heavy atom. The number of hydrogen-bond donors (Lipinski definition) is 1. The van der Waals surface area contributed by atoms with E-state index in [0.717, 1.165) is 99.7 Å². The zero-order chi connectivity index (χ0) is 39.2. The third-order valence-corrected chi connectivity index (χ3v) is 11.5. The number of phenolic OH excluding ortho intramolecular Hbond substituents is 1. The topological polar surface area (TPSA) is 81.9 Å². The summed E-state index contributed by atoms with van der Waals surface area (Å²) >= 11 is 0. The number of hydrogen-bond acceptors (Lipinski definition) is 5. The number of benzene rings is 6. The molecule has 0 atom stereocenters. The standard InChI is InChI=1S/C52H32N5O2.Pt/c1-31-16-22-38-37-23-19-34(30-47(37)59-52(38)53-31)32-17-20-36(21-18-32)57-43-29-28-42-49(48(43)50-44(57)26-24-40(54-50)33-10-4-2-5-11-33)51-45(56(42)35-12-6-3-7-13-35)27-25-41(55-51)39-14-8-9-15-46(39)58;/h2-10,12-30,58H,1H3;/q-1;. The molecular formula is C52H32N5O2Pt-. The Hall–Kier alpha value is -7.34. The van der Waals surface area contributed by atoms with Crippen LogP contribution in [0.3, 0.4) is 0 Å². The summed E-state index contributed by atoms with van der Waals surface area (Å²) in [5.74, 6) is 0.186. The molecule has 7 nitrogen and oxygen atoms in total. The van der Waals surface area contributed by atoms with Crippen molar-refractivity contribution in [3.63, 3.8) is 0 Å². The second-order valence-corrected chi connectivity index (χ2v) is 14.9. The maximum atomic E-state index is 10.9. The average Bonchev–Trinajstić information content (AvgIpc) is 3.93. The molecule has 0 saturated carbocycles. The summed E-state index contributed by atoms with van der Waals surface area (Å²) in [6, 6.07) is 61.0. The first-order valence-corrected chi connectivity index (χ1v) is 19.6. The van der Waals surface area contributed by atoms with E-state index in [2.05, 4.69) is 123 Å². The van der Waals surface area contributed by atoms with Crippen LogP contribution < -0.4 is 0 Å². The van der Waals surface area contributed by atoms with Crippen LogP contribution in [0, 0.1) is 13.0 Å². The van der Waals surface area contributed by atoms with Crippen LogP contribution in [0.4, 0.5) is 0 Å². The van der Waals surface area contributed by atoms with E-state index < -0.39 is 0 Å². The third kappa shape index (κ3) is 5.50. The maximum absolute atomic E-state index is 10.9. The summed E-state index contributed by atoms with van der Waals surface area (Å²) in [5.41, 5.74) is 15.4. The van der Waals surface area contributed by atoms with Crippen LogP contribution in [0.5, 0.6) is 5.75 Å². The smallest absolute Gasteiger partial charge is 0.227 e. The first-order chi connectivity index (χ1) is 29.1. The molecule has 288 valence electrons. The molecular weight excluding hydrogens is 922 g/mol. The van der Waals surface area contributed by atoms with Crippen molar-refractivity contribution in [2.75, 3.05) is 0 Å². The number of aromatic nitrogens is 5. The van der Waals surface area contributed by atoms with Crippen molar-refractivity contribution in [2.24, 2.45) is 0 Å². The Morgan fingerprint density at radius 1 is 0.533 bits per heavy atom. The number of pyridine rings is 3. The molecule has 0 aliphatic carbocycles. The van der Waals surface area contributed by atoms with Crippen molar-refractivity contribution in [3.05, 3.63) is 182 Å². The van der Waals surface area contributed by atoms with Gasteiger partial charge in [-0.2, -0.15) is 0 Å². The Bertz CT molecular complexity index is 3630. The summed E-state index contributed by atoms with van der Waals surface area (Å²) in [7, 11) is 0. The van der Waals surface area contributed by atoms with Crippen molar-refractivity contribution in [2.45, 2.75) is 6.92 Å². The molecule has 0 amide bonds. The summed E-state index contributed by atoms with van der Waals surface area (Å²) < 4.78 is 10.8. The molecule has 0 bridgehead atoms. The van der Waals surface area contributed by atoms with Crippen LogP contribution in [0.1, 0.15) is 5.69 Å². The molecule has 12 rings (SSSR count). The number of aryl methyl sites for hydroxylation is 1. The Morgan fingerprint density at radius 2 is 1.15 bits per heavy atom. The number of furan rings is 1. The fraction of sp³-hybridized carbons (Fsp3) is 0.0192. The van der Waals surface area contributed by atoms with Gasteiger partial charge in [0.05, 0.1) is 38.8 Å². The summed E-state index contributed by atoms with van der Waals surface area (Å²) in [4.78, 5) is 15.4. The van der Waals surface area contributed by atoms with Crippen LogP contribution in [-0.4, -0.2) is 29.2 Å². The molecule has 0 spiro atoms. The van der Waals surface area contributed by atoms with Crippen LogP contribution in [0.25, 0.3) is 111 Å². The predicted molar refractivity (Wildman–Crippen MR) is 237 cm³/mol. The van der Waals surface area contributed by atoms with Gasteiger partial charge in [-0.15, -0.1) is 35.9 Å². The van der Waals surface area contributed by atoms with Gasteiger partial charge in [-0.1, -0.05) is 54.6 Å². The van der Waals surface area contributed by atoms with E-state index in [4.69, 9.17) is 14.4 Å². The van der Waals surface area contributed by atoms with E-state index in [-0.39, 0.29) is 26.8 Å². The van der Waals surface area contributed by atoms with Gasteiger partial charge >= 0.3 is 0 Å². The molecule has 0 unspecified atom stereocenters. The van der Waals surface area contributed by atoms with Gasteiger partial charge in [-0.3, -0.25) is 4.98 Å². The predicted octanol–water partition coefficient (Wildman–Crippen LogP) is 12.8. The van der Waals surface area contributed by atoms with Crippen molar-refractivity contribution >= 4 is 65.9 Å². The van der Waals surface area contributed by atoms with E-state index >= 15 is 0 Å². The normalized spacial score (nSPS) is 11.7. The summed E-state index contributed by atoms with van der Waals surface area (Å²) in [5, 5.41) is 15.0. The van der Waals surface area contributed by atoms with Crippen molar-refractivity contribution in [1.29, 1.82) is 0 Å². The number of rotatable bonds is 5. The van der Waals surface area contributed by atoms with Gasteiger partial charge in [-0.25, -0.2) is 9.97 Å². The Labute approximate surface area is 358 Å². The van der Waals surface area contributed by atoms with Crippen LogP contribution in [0.2, 0.25) is 0 Å². The zero-order valence-electron chi connectivity index (χ0n) is 32.1. The summed E-state index contributed by atoms with van der Waals surface area (Å²) in [6.45, 7) is 1.98. The van der Waals surface area contributed by atoms with Gasteiger partial charge in [0, 0.05) is 65.2 Å². The number of aromatic hydroxyl groups is 1. The molecule has 6 heterocycles. The minimum atomic E-state index is 0. The monoisotopic (exact) mass is 953 g/mol. The van der Waals surface area contributed by atoms with Crippen LogP contribution >= 0.6 is 0 Å². The quantitative estimate of drug-likeness (QED) is 0.174. The molecule has 1 N–H and O–H groups in total. The molecule has 0 saturated heterocycles.